The van der Waals surface area contributed by atoms with Gasteiger partial charge in [-0.05, 0) is 26.1 Å². The van der Waals surface area contributed by atoms with Crippen molar-refractivity contribution in [3.63, 3.8) is 0 Å². The van der Waals surface area contributed by atoms with Crippen molar-refractivity contribution in [2.24, 2.45) is 0 Å². The Bertz CT molecular complexity index is 597. The average molecular weight is 290 g/mol. The fraction of sp³-hybridized carbons (Fsp3) is 0.429. The van der Waals surface area contributed by atoms with Crippen LogP contribution in [0.15, 0.2) is 24.5 Å². The fourth-order valence-electron chi connectivity index (χ4n) is 2.31. The second-order valence-corrected chi connectivity index (χ2v) is 6.07. The highest BCUT2D eigenvalue weighted by Gasteiger charge is 2.24. The summed E-state index contributed by atoms with van der Waals surface area (Å²) in [7, 11) is 2.09. The smallest absolute Gasteiger partial charge is 0.266 e. The summed E-state index contributed by atoms with van der Waals surface area (Å²) in [6.45, 7) is 5.38. The van der Waals surface area contributed by atoms with E-state index in [1.165, 1.54) is 11.3 Å². The number of thiazole rings is 1. The van der Waals surface area contributed by atoms with Crippen molar-refractivity contribution in [2.45, 2.75) is 6.92 Å². The first-order valence-corrected chi connectivity index (χ1v) is 7.55. The van der Waals surface area contributed by atoms with Crippen molar-refractivity contribution < 1.29 is 4.79 Å². The molecule has 3 heterocycles. The quantitative estimate of drug-likeness (QED) is 0.844. The van der Waals surface area contributed by atoms with E-state index in [-0.39, 0.29) is 5.91 Å². The molecule has 6 heteroatoms. The molecule has 0 atom stereocenters. The van der Waals surface area contributed by atoms with Gasteiger partial charge in [-0.3, -0.25) is 4.79 Å². The van der Waals surface area contributed by atoms with E-state index in [1.54, 1.807) is 0 Å². The van der Waals surface area contributed by atoms with Crippen LogP contribution in [-0.2, 0) is 0 Å². The molecule has 2 aromatic heterocycles. The molecule has 0 bridgehead atoms. The van der Waals surface area contributed by atoms with Gasteiger partial charge in [0.05, 0.1) is 5.69 Å². The maximum absolute atomic E-state index is 12.6. The molecule has 0 saturated carbocycles. The van der Waals surface area contributed by atoms with Gasteiger partial charge in [0.25, 0.3) is 5.91 Å². The van der Waals surface area contributed by atoms with Crippen molar-refractivity contribution in [1.82, 2.24) is 19.4 Å². The summed E-state index contributed by atoms with van der Waals surface area (Å²) in [5, 5.41) is 0.852. The van der Waals surface area contributed by atoms with E-state index in [1.807, 2.05) is 40.9 Å². The lowest BCUT2D eigenvalue weighted by Crippen LogP contribution is -2.47. The summed E-state index contributed by atoms with van der Waals surface area (Å²) in [5.74, 6) is 0.117. The van der Waals surface area contributed by atoms with Crippen LogP contribution < -0.4 is 0 Å². The fourth-order valence-corrected chi connectivity index (χ4v) is 3.31. The molecule has 1 aliphatic heterocycles. The number of nitrogens with zero attached hydrogens (tertiary/aromatic N) is 4. The van der Waals surface area contributed by atoms with Crippen LogP contribution in [0.25, 0.3) is 5.13 Å². The molecule has 0 aliphatic carbocycles. The van der Waals surface area contributed by atoms with Crippen LogP contribution in [0.1, 0.15) is 15.4 Å². The number of aromatic nitrogens is 2. The molecular formula is C14H18N4OS. The topological polar surface area (TPSA) is 41.4 Å². The normalized spacial score (nSPS) is 16.6. The lowest BCUT2D eigenvalue weighted by molar-refractivity contribution is 0.0668. The van der Waals surface area contributed by atoms with Crippen molar-refractivity contribution >= 4 is 17.2 Å². The van der Waals surface area contributed by atoms with Crippen molar-refractivity contribution in [3.8, 4) is 5.13 Å². The van der Waals surface area contributed by atoms with Crippen LogP contribution in [0.5, 0.6) is 0 Å². The highest BCUT2D eigenvalue weighted by Crippen LogP contribution is 2.23. The summed E-state index contributed by atoms with van der Waals surface area (Å²) < 4.78 is 1.94. The summed E-state index contributed by atoms with van der Waals surface area (Å²) in [5.41, 5.74) is 0.822. The van der Waals surface area contributed by atoms with Crippen LogP contribution in [0.4, 0.5) is 0 Å². The van der Waals surface area contributed by atoms with Gasteiger partial charge >= 0.3 is 0 Å². The first kappa shape index (κ1) is 13.3. The predicted octanol–water partition coefficient (Wildman–Crippen LogP) is 1.63. The van der Waals surface area contributed by atoms with Crippen molar-refractivity contribution in [2.75, 3.05) is 33.2 Å². The number of likely N-dealkylation sites (N-methyl/N-ethyl adjacent to an activating group) is 1. The first-order chi connectivity index (χ1) is 9.65. The Morgan fingerprint density at radius 2 is 1.85 bits per heavy atom. The highest BCUT2D eigenvalue weighted by molar-refractivity contribution is 7.16. The third-order valence-corrected chi connectivity index (χ3v) is 4.75. The number of carbonyl (C=O) groups excluding carboxylic acids is 1. The van der Waals surface area contributed by atoms with Crippen molar-refractivity contribution in [3.05, 3.63) is 35.1 Å². The number of rotatable bonds is 2. The minimum Gasteiger partial charge on any atom is -0.335 e. The van der Waals surface area contributed by atoms with Gasteiger partial charge in [-0.15, -0.1) is 0 Å². The third-order valence-electron chi connectivity index (χ3n) is 3.60. The predicted molar refractivity (Wildman–Crippen MR) is 79.6 cm³/mol. The molecule has 20 heavy (non-hydrogen) atoms. The molecule has 0 radical (unpaired) electrons. The molecule has 1 aliphatic rings. The Morgan fingerprint density at radius 1 is 1.20 bits per heavy atom. The molecule has 1 saturated heterocycles. The van der Waals surface area contributed by atoms with Gasteiger partial charge in [0.2, 0.25) is 0 Å². The van der Waals surface area contributed by atoms with E-state index in [4.69, 9.17) is 0 Å². The largest absolute Gasteiger partial charge is 0.335 e. The number of hydrogen-bond acceptors (Lipinski definition) is 4. The van der Waals surface area contributed by atoms with Crippen LogP contribution in [-0.4, -0.2) is 58.5 Å². The van der Waals surface area contributed by atoms with Crippen LogP contribution in [0.2, 0.25) is 0 Å². The molecule has 5 nitrogen and oxygen atoms in total. The maximum atomic E-state index is 12.6. The standard InChI is InChI=1S/C14H18N4OS/c1-11-12(13(19)17-9-7-16(2)8-10-17)20-14(15-11)18-5-3-4-6-18/h3-6H,7-10H2,1-2H3. The second-order valence-electron chi connectivity index (χ2n) is 5.10. The third kappa shape index (κ3) is 2.48. The zero-order valence-corrected chi connectivity index (χ0v) is 12.6. The van der Waals surface area contributed by atoms with E-state index in [2.05, 4.69) is 16.9 Å². The lowest BCUT2D eigenvalue weighted by atomic mass is 10.3. The molecule has 0 spiro atoms. The van der Waals surface area contributed by atoms with Crippen LogP contribution in [0.3, 0.4) is 0 Å². The summed E-state index contributed by atoms with van der Waals surface area (Å²) in [4.78, 5) is 22.0. The van der Waals surface area contributed by atoms with Gasteiger partial charge in [-0.1, -0.05) is 11.3 Å². The minimum atomic E-state index is 0.117. The molecule has 0 N–H and O–H groups in total. The Morgan fingerprint density at radius 3 is 2.50 bits per heavy atom. The number of carbonyl (C=O) groups is 1. The molecule has 106 valence electrons. The van der Waals surface area contributed by atoms with E-state index in [0.29, 0.717) is 0 Å². The number of piperazine rings is 1. The average Bonchev–Trinajstić information content (AvgIpc) is 3.08. The lowest BCUT2D eigenvalue weighted by Gasteiger charge is -2.32. The van der Waals surface area contributed by atoms with Gasteiger partial charge in [0.15, 0.2) is 5.13 Å². The Kier molecular flexibility index (Phi) is 3.58. The number of amides is 1. The van der Waals surface area contributed by atoms with Gasteiger partial charge in [-0.25, -0.2) is 4.98 Å². The van der Waals surface area contributed by atoms with Gasteiger partial charge in [0, 0.05) is 38.6 Å². The van der Waals surface area contributed by atoms with Gasteiger partial charge in [-0.2, -0.15) is 0 Å². The zero-order valence-electron chi connectivity index (χ0n) is 11.7. The molecule has 2 aromatic rings. The Balaban J connectivity index is 1.81. The second kappa shape index (κ2) is 5.38. The summed E-state index contributed by atoms with van der Waals surface area (Å²) in [6, 6.07) is 3.91. The minimum absolute atomic E-state index is 0.117. The first-order valence-electron chi connectivity index (χ1n) is 6.74. The van der Waals surface area contributed by atoms with Crippen molar-refractivity contribution in [1.29, 1.82) is 0 Å². The molecule has 1 fully saturated rings. The number of hydrogen-bond donors (Lipinski definition) is 0. The Labute approximate surface area is 122 Å². The molecule has 1 amide bonds. The Hall–Kier alpha value is -1.66. The highest BCUT2D eigenvalue weighted by atomic mass is 32.1. The van der Waals surface area contributed by atoms with E-state index < -0.39 is 0 Å². The van der Waals surface area contributed by atoms with Gasteiger partial charge < -0.3 is 14.4 Å². The summed E-state index contributed by atoms with van der Waals surface area (Å²) in [6.07, 6.45) is 3.89. The number of aryl methyl sites for hydroxylation is 1. The molecule has 0 unspecified atom stereocenters. The summed E-state index contributed by atoms with van der Waals surface area (Å²) >= 11 is 1.47. The molecule has 0 aromatic carbocycles. The zero-order chi connectivity index (χ0) is 14.1. The van der Waals surface area contributed by atoms with E-state index in [9.17, 15) is 4.79 Å². The van der Waals surface area contributed by atoms with E-state index >= 15 is 0 Å². The monoisotopic (exact) mass is 290 g/mol. The SMILES string of the molecule is Cc1nc(-n2cccc2)sc1C(=O)N1CCN(C)CC1. The van der Waals surface area contributed by atoms with Crippen LogP contribution >= 0.6 is 11.3 Å². The maximum Gasteiger partial charge on any atom is 0.266 e. The molecular weight excluding hydrogens is 272 g/mol. The van der Waals surface area contributed by atoms with Crippen LogP contribution in [0, 0.1) is 6.92 Å². The molecule has 3 rings (SSSR count). The van der Waals surface area contributed by atoms with Gasteiger partial charge in [0.1, 0.15) is 4.88 Å². The van der Waals surface area contributed by atoms with E-state index in [0.717, 1.165) is 41.9 Å².